The van der Waals surface area contributed by atoms with Crippen molar-refractivity contribution in [2.75, 3.05) is 25.6 Å². The van der Waals surface area contributed by atoms with E-state index in [1.54, 1.807) is 13.1 Å². The average Bonchev–Trinajstić information content (AvgIpc) is 2.46. The Hall–Kier alpha value is -2.15. The third kappa shape index (κ3) is 3.49. The van der Waals surface area contributed by atoms with Crippen LogP contribution >= 0.6 is 0 Å². The van der Waals surface area contributed by atoms with Crippen molar-refractivity contribution in [2.24, 2.45) is 0 Å². The molecule has 0 aliphatic carbocycles. The van der Waals surface area contributed by atoms with Gasteiger partial charge in [0.05, 0.1) is 4.92 Å². The number of carbonyl (C=O) groups excluding carboxylic acids is 1. The van der Waals surface area contributed by atoms with Crippen LogP contribution in [0.25, 0.3) is 0 Å². The lowest BCUT2D eigenvalue weighted by Gasteiger charge is -2.34. The summed E-state index contributed by atoms with van der Waals surface area (Å²) in [5, 5.41) is 16.9. The summed E-state index contributed by atoms with van der Waals surface area (Å²) in [6, 6.07) is 4.41. The molecule has 0 saturated carbocycles. The van der Waals surface area contributed by atoms with E-state index in [9.17, 15) is 14.9 Å². The lowest BCUT2D eigenvalue weighted by atomic mass is 9.92. The van der Waals surface area contributed by atoms with Crippen molar-refractivity contribution in [2.45, 2.75) is 25.3 Å². The first kappa shape index (κ1) is 15.2. The van der Waals surface area contributed by atoms with E-state index < -0.39 is 16.4 Å². The van der Waals surface area contributed by atoms with Gasteiger partial charge in [-0.15, -0.1) is 0 Å². The highest BCUT2D eigenvalue weighted by atomic mass is 16.6. The highest BCUT2D eigenvalue weighted by Crippen LogP contribution is 2.25. The van der Waals surface area contributed by atoms with Gasteiger partial charge in [0.25, 0.3) is 11.6 Å². The minimum absolute atomic E-state index is 0.0690. The topological polar surface area (TPSA) is 93.5 Å². The van der Waals surface area contributed by atoms with E-state index in [4.69, 9.17) is 4.74 Å². The second kappa shape index (κ2) is 6.09. The lowest BCUT2D eigenvalue weighted by Crippen LogP contribution is -2.49. The molecule has 1 aliphatic rings. The summed E-state index contributed by atoms with van der Waals surface area (Å²) in [5.41, 5.74) is 0.142. The van der Waals surface area contributed by atoms with Crippen LogP contribution in [-0.2, 0) is 4.74 Å². The van der Waals surface area contributed by atoms with Crippen molar-refractivity contribution >= 4 is 17.3 Å². The van der Waals surface area contributed by atoms with Gasteiger partial charge >= 0.3 is 0 Å². The minimum Gasteiger partial charge on any atom is -0.388 e. The molecule has 1 amide bonds. The number of nitro benzene ring substituents is 1. The number of ether oxygens (including phenoxy) is 1. The van der Waals surface area contributed by atoms with E-state index in [1.165, 1.54) is 12.1 Å². The third-order valence-corrected chi connectivity index (χ3v) is 3.74. The lowest BCUT2D eigenvalue weighted by molar-refractivity contribution is -0.385. The second-order valence-electron chi connectivity index (χ2n) is 5.37. The van der Waals surface area contributed by atoms with Gasteiger partial charge in [0, 0.05) is 37.6 Å². The van der Waals surface area contributed by atoms with Crippen molar-refractivity contribution in [3.05, 3.63) is 33.9 Å². The maximum Gasteiger partial charge on any atom is 0.282 e. The van der Waals surface area contributed by atoms with Gasteiger partial charge in [0.1, 0.15) is 5.56 Å². The van der Waals surface area contributed by atoms with Gasteiger partial charge in [-0.3, -0.25) is 14.9 Å². The molecule has 21 heavy (non-hydrogen) atoms. The maximum absolute atomic E-state index is 12.4. The number of hydrogen-bond acceptors (Lipinski definition) is 5. The zero-order valence-electron chi connectivity index (χ0n) is 12.1. The summed E-state index contributed by atoms with van der Waals surface area (Å²) in [6.45, 7) is 3.09. The summed E-state index contributed by atoms with van der Waals surface area (Å²) >= 11 is 0. The second-order valence-corrected chi connectivity index (χ2v) is 5.37. The highest BCUT2D eigenvalue weighted by molar-refractivity contribution is 5.99. The molecule has 1 aromatic carbocycles. The fourth-order valence-electron chi connectivity index (χ4n) is 2.32. The van der Waals surface area contributed by atoms with Gasteiger partial charge in [0.2, 0.25) is 0 Å². The zero-order valence-corrected chi connectivity index (χ0v) is 12.1. The monoisotopic (exact) mass is 293 g/mol. The Balaban J connectivity index is 2.26. The van der Waals surface area contributed by atoms with Gasteiger partial charge in [-0.1, -0.05) is 0 Å². The number of nitro groups is 1. The molecule has 0 radical (unpaired) electrons. The molecule has 2 rings (SSSR count). The molecule has 0 aromatic heterocycles. The molecule has 0 spiro atoms. The van der Waals surface area contributed by atoms with Crippen LogP contribution in [0.1, 0.15) is 30.1 Å². The third-order valence-electron chi connectivity index (χ3n) is 3.74. The fraction of sp³-hybridized carbons (Fsp3) is 0.500. The Bertz CT molecular complexity index is 553. The van der Waals surface area contributed by atoms with Crippen LogP contribution in [0.4, 0.5) is 11.4 Å². The molecule has 0 bridgehead atoms. The predicted octanol–water partition coefficient (Wildman–Crippen LogP) is 1.94. The van der Waals surface area contributed by atoms with E-state index in [1.807, 2.05) is 6.92 Å². The Kier molecular flexibility index (Phi) is 4.42. The van der Waals surface area contributed by atoms with E-state index in [-0.39, 0.29) is 11.3 Å². The van der Waals surface area contributed by atoms with Crippen LogP contribution in [0.5, 0.6) is 0 Å². The highest BCUT2D eigenvalue weighted by Gasteiger charge is 2.31. The molecular weight excluding hydrogens is 274 g/mol. The molecule has 114 valence electrons. The summed E-state index contributed by atoms with van der Waals surface area (Å²) in [4.78, 5) is 23.0. The number of hydrogen-bond donors (Lipinski definition) is 2. The van der Waals surface area contributed by atoms with Crippen LogP contribution in [0.15, 0.2) is 18.2 Å². The van der Waals surface area contributed by atoms with Crippen LogP contribution in [-0.4, -0.2) is 36.6 Å². The van der Waals surface area contributed by atoms with Crippen LogP contribution < -0.4 is 10.6 Å². The Morgan fingerprint density at radius 2 is 2.05 bits per heavy atom. The van der Waals surface area contributed by atoms with Gasteiger partial charge in [-0.05, 0) is 31.9 Å². The molecule has 1 aromatic rings. The molecule has 1 saturated heterocycles. The molecule has 1 aliphatic heterocycles. The summed E-state index contributed by atoms with van der Waals surface area (Å²) in [7, 11) is 1.70. The first-order chi connectivity index (χ1) is 9.95. The zero-order chi connectivity index (χ0) is 15.5. The standard InChI is InChI=1S/C14H19N3O4/c1-14(5-7-21-8-6-14)16-13(18)11-9-10(15-2)3-4-12(11)17(19)20/h3-4,9,15H,5-8H2,1-2H3,(H,16,18). The fourth-order valence-corrected chi connectivity index (χ4v) is 2.32. The van der Waals surface area contributed by atoms with Crippen molar-refractivity contribution in [1.82, 2.24) is 5.32 Å². The first-order valence-corrected chi connectivity index (χ1v) is 6.82. The molecule has 1 heterocycles. The van der Waals surface area contributed by atoms with Gasteiger partial charge in [-0.2, -0.15) is 0 Å². The normalized spacial score (nSPS) is 17.0. The summed E-state index contributed by atoms with van der Waals surface area (Å²) in [6.07, 6.45) is 1.39. The average molecular weight is 293 g/mol. The number of amides is 1. The molecule has 0 unspecified atom stereocenters. The number of rotatable bonds is 4. The Morgan fingerprint density at radius 3 is 2.62 bits per heavy atom. The van der Waals surface area contributed by atoms with Crippen LogP contribution in [0.3, 0.4) is 0 Å². The number of benzene rings is 1. The Labute approximate surface area is 122 Å². The first-order valence-electron chi connectivity index (χ1n) is 6.82. The van der Waals surface area contributed by atoms with E-state index in [2.05, 4.69) is 10.6 Å². The molecule has 2 N–H and O–H groups in total. The van der Waals surface area contributed by atoms with Gasteiger partial charge in [-0.25, -0.2) is 0 Å². The number of nitrogens with one attached hydrogen (secondary N) is 2. The quantitative estimate of drug-likeness (QED) is 0.653. The maximum atomic E-state index is 12.4. The minimum atomic E-state index is -0.541. The van der Waals surface area contributed by atoms with E-state index in [0.29, 0.717) is 31.7 Å². The smallest absolute Gasteiger partial charge is 0.282 e. The largest absolute Gasteiger partial charge is 0.388 e. The van der Waals surface area contributed by atoms with Gasteiger partial charge < -0.3 is 15.4 Å². The van der Waals surface area contributed by atoms with Crippen LogP contribution in [0.2, 0.25) is 0 Å². The summed E-state index contributed by atoms with van der Waals surface area (Å²) < 4.78 is 5.28. The van der Waals surface area contributed by atoms with E-state index >= 15 is 0 Å². The van der Waals surface area contributed by atoms with Crippen molar-refractivity contribution < 1.29 is 14.5 Å². The SMILES string of the molecule is CNc1ccc([N+](=O)[O-])c(C(=O)NC2(C)CCOCC2)c1. The molecular formula is C14H19N3O4. The van der Waals surface area contributed by atoms with E-state index in [0.717, 1.165) is 0 Å². The number of anilines is 1. The van der Waals surface area contributed by atoms with Crippen molar-refractivity contribution in [3.63, 3.8) is 0 Å². The number of nitrogens with zero attached hydrogens (tertiary/aromatic N) is 1. The molecule has 7 heteroatoms. The summed E-state index contributed by atoms with van der Waals surface area (Å²) in [5.74, 6) is -0.428. The van der Waals surface area contributed by atoms with Crippen molar-refractivity contribution in [3.8, 4) is 0 Å². The van der Waals surface area contributed by atoms with Crippen LogP contribution in [0, 0.1) is 10.1 Å². The molecule has 1 fully saturated rings. The molecule has 0 atom stereocenters. The number of carbonyl (C=O) groups is 1. The molecule has 7 nitrogen and oxygen atoms in total. The Morgan fingerprint density at radius 1 is 1.38 bits per heavy atom. The predicted molar refractivity (Wildman–Crippen MR) is 78.6 cm³/mol. The van der Waals surface area contributed by atoms with Gasteiger partial charge in [0.15, 0.2) is 0 Å². The van der Waals surface area contributed by atoms with Crippen molar-refractivity contribution in [1.29, 1.82) is 0 Å².